The van der Waals surface area contributed by atoms with Crippen LogP contribution >= 0.6 is 11.3 Å². The highest BCUT2D eigenvalue weighted by atomic mass is 32.1. The van der Waals surface area contributed by atoms with Crippen LogP contribution in [-0.4, -0.2) is 16.7 Å². The number of benzene rings is 1. The van der Waals surface area contributed by atoms with Gasteiger partial charge in [0.2, 0.25) is 5.91 Å². The molecular formula is C17H12F3N3O2S. The third kappa shape index (κ3) is 3.91. The first-order valence-corrected chi connectivity index (χ1v) is 8.55. The molecule has 1 amide bonds. The number of nitriles is 1. The van der Waals surface area contributed by atoms with Gasteiger partial charge in [-0.1, -0.05) is 0 Å². The molecule has 1 aromatic heterocycles. The molecular weight excluding hydrogens is 367 g/mol. The van der Waals surface area contributed by atoms with Crippen molar-refractivity contribution in [1.29, 1.82) is 5.26 Å². The molecule has 0 bridgehead atoms. The summed E-state index contributed by atoms with van der Waals surface area (Å²) in [6.07, 6.45) is -3.09. The summed E-state index contributed by atoms with van der Waals surface area (Å²) in [5, 5.41) is 12.7. The van der Waals surface area contributed by atoms with Gasteiger partial charge in [-0.2, -0.15) is 18.4 Å². The van der Waals surface area contributed by atoms with Gasteiger partial charge in [0.05, 0.1) is 6.07 Å². The van der Waals surface area contributed by atoms with E-state index in [9.17, 15) is 22.8 Å². The maximum atomic E-state index is 12.6. The van der Waals surface area contributed by atoms with Gasteiger partial charge >= 0.3 is 6.18 Å². The van der Waals surface area contributed by atoms with Crippen LogP contribution in [0.5, 0.6) is 0 Å². The van der Waals surface area contributed by atoms with E-state index in [4.69, 9.17) is 5.26 Å². The molecule has 0 radical (unpaired) electrons. The molecule has 1 aliphatic carbocycles. The zero-order valence-electron chi connectivity index (χ0n) is 13.2. The van der Waals surface area contributed by atoms with Crippen molar-refractivity contribution in [3.63, 3.8) is 0 Å². The molecule has 1 aliphatic rings. The van der Waals surface area contributed by atoms with Gasteiger partial charge in [0.15, 0.2) is 17.4 Å². The molecule has 0 aliphatic heterocycles. The zero-order chi connectivity index (χ0) is 18.9. The van der Waals surface area contributed by atoms with Gasteiger partial charge in [-0.25, -0.2) is 4.98 Å². The molecule has 1 fully saturated rings. The summed E-state index contributed by atoms with van der Waals surface area (Å²) < 4.78 is 37.8. The van der Waals surface area contributed by atoms with Crippen LogP contribution in [0.2, 0.25) is 0 Å². The lowest BCUT2D eigenvalue weighted by atomic mass is 10.0. The average Bonchev–Trinajstić information content (AvgIpc) is 3.31. The van der Waals surface area contributed by atoms with E-state index >= 15 is 0 Å². The molecule has 1 saturated carbocycles. The Bertz CT molecular complexity index is 880. The minimum Gasteiger partial charge on any atom is -0.325 e. The van der Waals surface area contributed by atoms with Crippen molar-refractivity contribution in [3.05, 3.63) is 35.3 Å². The first-order chi connectivity index (χ1) is 12.3. The lowest BCUT2D eigenvalue weighted by Gasteiger charge is -2.09. The fourth-order valence-corrected chi connectivity index (χ4v) is 3.13. The van der Waals surface area contributed by atoms with Crippen molar-refractivity contribution < 1.29 is 22.8 Å². The van der Waals surface area contributed by atoms with E-state index in [1.165, 1.54) is 24.3 Å². The summed E-state index contributed by atoms with van der Waals surface area (Å²) in [6.45, 7) is 0. The minimum absolute atomic E-state index is 0.203. The second-order valence-electron chi connectivity index (χ2n) is 5.84. The predicted molar refractivity (Wildman–Crippen MR) is 88.0 cm³/mol. The SMILES string of the molecule is N#CC(C(=O)Nc1ccc(-c2nc(C(F)(F)F)cs2)cc1)C(=O)C1CC1. The van der Waals surface area contributed by atoms with Crippen LogP contribution in [0.3, 0.4) is 0 Å². The topological polar surface area (TPSA) is 82.8 Å². The average molecular weight is 379 g/mol. The van der Waals surface area contributed by atoms with Gasteiger partial charge in [0.25, 0.3) is 0 Å². The largest absolute Gasteiger partial charge is 0.434 e. The summed E-state index contributed by atoms with van der Waals surface area (Å²) >= 11 is 0.866. The Morgan fingerprint density at radius 1 is 1.27 bits per heavy atom. The number of hydrogen-bond donors (Lipinski definition) is 1. The van der Waals surface area contributed by atoms with Crippen LogP contribution in [0.25, 0.3) is 10.6 Å². The smallest absolute Gasteiger partial charge is 0.325 e. The predicted octanol–water partition coefficient (Wildman–Crippen LogP) is 3.89. The number of nitrogens with one attached hydrogen (secondary N) is 1. The number of rotatable bonds is 5. The van der Waals surface area contributed by atoms with E-state index in [2.05, 4.69) is 10.3 Å². The summed E-state index contributed by atoms with van der Waals surface area (Å²) in [6, 6.07) is 7.71. The summed E-state index contributed by atoms with van der Waals surface area (Å²) in [5.41, 5.74) is -0.144. The molecule has 0 saturated heterocycles. The van der Waals surface area contributed by atoms with Crippen molar-refractivity contribution in [2.24, 2.45) is 11.8 Å². The number of Topliss-reactive ketones (excluding diaryl/α,β-unsaturated/α-hetero) is 1. The normalized spacial score (nSPS) is 15.2. The van der Waals surface area contributed by atoms with Crippen molar-refractivity contribution in [2.45, 2.75) is 19.0 Å². The highest BCUT2D eigenvalue weighted by Gasteiger charge is 2.38. The number of nitrogens with zero attached hydrogens (tertiary/aromatic N) is 2. The molecule has 5 nitrogen and oxygen atoms in total. The van der Waals surface area contributed by atoms with E-state index in [1.54, 1.807) is 6.07 Å². The van der Waals surface area contributed by atoms with Crippen LogP contribution in [0, 0.1) is 23.2 Å². The summed E-state index contributed by atoms with van der Waals surface area (Å²) in [7, 11) is 0. The maximum absolute atomic E-state index is 12.6. The highest BCUT2D eigenvalue weighted by molar-refractivity contribution is 7.13. The third-order valence-electron chi connectivity index (χ3n) is 3.85. The first-order valence-electron chi connectivity index (χ1n) is 7.67. The van der Waals surface area contributed by atoms with Crippen molar-refractivity contribution in [3.8, 4) is 16.6 Å². The van der Waals surface area contributed by atoms with Crippen molar-refractivity contribution in [1.82, 2.24) is 4.98 Å². The van der Waals surface area contributed by atoms with Crippen LogP contribution in [0.4, 0.5) is 18.9 Å². The third-order valence-corrected chi connectivity index (χ3v) is 4.74. The molecule has 1 atom stereocenters. The number of alkyl halides is 3. The number of ketones is 1. The molecule has 1 heterocycles. The number of thiazole rings is 1. The quantitative estimate of drug-likeness (QED) is 0.799. The zero-order valence-corrected chi connectivity index (χ0v) is 14.0. The minimum atomic E-state index is -4.50. The standard InChI is InChI=1S/C17H12F3N3O2S/c18-17(19,20)13-8-26-16(23-13)10-3-5-11(6-4-10)22-15(25)12(7-21)14(24)9-1-2-9/h3-6,8-9,12H,1-2H2,(H,22,25). The second kappa shape index (κ2) is 6.88. The van der Waals surface area contributed by atoms with E-state index in [0.29, 0.717) is 24.1 Å². The molecule has 3 rings (SSSR count). The number of halogens is 3. The molecule has 26 heavy (non-hydrogen) atoms. The monoisotopic (exact) mass is 379 g/mol. The van der Waals surface area contributed by atoms with Crippen molar-refractivity contribution >= 4 is 28.7 Å². The summed E-state index contributed by atoms with van der Waals surface area (Å²) in [4.78, 5) is 27.6. The van der Waals surface area contributed by atoms with E-state index < -0.39 is 23.7 Å². The second-order valence-corrected chi connectivity index (χ2v) is 6.70. The van der Waals surface area contributed by atoms with E-state index in [-0.39, 0.29) is 16.7 Å². The molecule has 9 heteroatoms. The number of carbonyl (C=O) groups excluding carboxylic acids is 2. The number of aromatic nitrogens is 1. The Morgan fingerprint density at radius 2 is 1.92 bits per heavy atom. The molecule has 1 N–H and O–H groups in total. The van der Waals surface area contributed by atoms with Gasteiger partial charge in [-0.3, -0.25) is 9.59 Å². The van der Waals surface area contributed by atoms with Crippen LogP contribution < -0.4 is 5.32 Å². The van der Waals surface area contributed by atoms with Crippen LogP contribution in [0.15, 0.2) is 29.6 Å². The van der Waals surface area contributed by atoms with Gasteiger partial charge in [-0.15, -0.1) is 11.3 Å². The van der Waals surface area contributed by atoms with Gasteiger partial charge < -0.3 is 5.32 Å². The molecule has 2 aromatic rings. The Balaban J connectivity index is 1.69. The molecule has 1 unspecified atom stereocenters. The molecule has 0 spiro atoms. The number of carbonyl (C=O) groups is 2. The van der Waals surface area contributed by atoms with E-state index in [1.807, 2.05) is 0 Å². The fourth-order valence-electron chi connectivity index (χ4n) is 2.30. The van der Waals surface area contributed by atoms with E-state index in [0.717, 1.165) is 16.7 Å². The Morgan fingerprint density at radius 3 is 2.42 bits per heavy atom. The van der Waals surface area contributed by atoms with Crippen LogP contribution in [0.1, 0.15) is 18.5 Å². The lowest BCUT2D eigenvalue weighted by molar-refractivity contribution is -0.140. The fraction of sp³-hybridized carbons (Fsp3) is 0.294. The van der Waals surface area contributed by atoms with Gasteiger partial charge in [-0.05, 0) is 37.1 Å². The van der Waals surface area contributed by atoms with Gasteiger partial charge in [0, 0.05) is 22.5 Å². The first kappa shape index (κ1) is 18.1. The Kier molecular flexibility index (Phi) is 4.78. The Labute approximate surface area is 150 Å². The number of anilines is 1. The lowest BCUT2D eigenvalue weighted by Crippen LogP contribution is -2.29. The number of amides is 1. The number of hydrogen-bond acceptors (Lipinski definition) is 5. The maximum Gasteiger partial charge on any atom is 0.434 e. The van der Waals surface area contributed by atoms with Crippen LogP contribution in [-0.2, 0) is 15.8 Å². The van der Waals surface area contributed by atoms with Gasteiger partial charge in [0.1, 0.15) is 5.01 Å². The molecule has 134 valence electrons. The summed E-state index contributed by atoms with van der Waals surface area (Å²) in [5.74, 6) is -2.63. The highest BCUT2D eigenvalue weighted by Crippen LogP contribution is 2.34. The Hall–Kier alpha value is -2.73. The van der Waals surface area contributed by atoms with Crippen molar-refractivity contribution in [2.75, 3.05) is 5.32 Å². The molecule has 1 aromatic carbocycles.